The van der Waals surface area contributed by atoms with Crippen molar-refractivity contribution >= 4 is 5.57 Å². The molecule has 0 bridgehead atoms. The summed E-state index contributed by atoms with van der Waals surface area (Å²) in [4.78, 5) is 0. The van der Waals surface area contributed by atoms with Crippen LogP contribution in [0.25, 0.3) is 5.57 Å². The Labute approximate surface area is 98.7 Å². The van der Waals surface area contributed by atoms with E-state index in [1.807, 2.05) is 0 Å². The molecule has 2 rings (SSSR count). The number of allylic oxidation sites excluding steroid dienone is 4. The van der Waals surface area contributed by atoms with Crippen LogP contribution in [0.2, 0.25) is 0 Å². The maximum atomic E-state index is 2.39. The summed E-state index contributed by atoms with van der Waals surface area (Å²) in [6.45, 7) is 6.65. The van der Waals surface area contributed by atoms with E-state index in [9.17, 15) is 0 Å². The second-order valence-corrected chi connectivity index (χ2v) is 4.57. The van der Waals surface area contributed by atoms with Gasteiger partial charge in [0.1, 0.15) is 0 Å². The molecule has 16 heavy (non-hydrogen) atoms. The summed E-state index contributed by atoms with van der Waals surface area (Å²) in [5.41, 5.74) is 7.36. The van der Waals surface area contributed by atoms with Gasteiger partial charge in [-0.3, -0.25) is 0 Å². The molecule has 1 aromatic carbocycles. The number of aryl methyl sites for hydroxylation is 1. The third kappa shape index (κ3) is 2.11. The molecule has 0 unspecified atom stereocenters. The molecule has 0 amide bonds. The van der Waals surface area contributed by atoms with Crippen molar-refractivity contribution in [1.29, 1.82) is 0 Å². The molecule has 0 aromatic heterocycles. The smallest absolute Gasteiger partial charge is 0.00961 e. The first-order valence-corrected chi connectivity index (χ1v) is 6.23. The lowest BCUT2D eigenvalue weighted by atomic mass is 10.00. The second-order valence-electron chi connectivity index (χ2n) is 4.57. The van der Waals surface area contributed by atoms with Gasteiger partial charge in [-0.05, 0) is 37.3 Å². The molecule has 0 saturated carbocycles. The molecular weight excluding hydrogens is 192 g/mol. The van der Waals surface area contributed by atoms with Gasteiger partial charge in [0.2, 0.25) is 0 Å². The van der Waals surface area contributed by atoms with Crippen LogP contribution in [0.1, 0.15) is 44.2 Å². The Morgan fingerprint density at radius 3 is 2.25 bits per heavy atom. The largest absolute Gasteiger partial charge is 0.0658 e. The highest BCUT2D eigenvalue weighted by molar-refractivity contribution is 5.80. The zero-order valence-electron chi connectivity index (χ0n) is 10.5. The molecule has 0 N–H and O–H groups in total. The zero-order chi connectivity index (χ0) is 11.5. The maximum Gasteiger partial charge on any atom is -0.00961 e. The summed E-state index contributed by atoms with van der Waals surface area (Å²) in [7, 11) is 0. The molecule has 0 heteroatoms. The van der Waals surface area contributed by atoms with Gasteiger partial charge in [-0.15, -0.1) is 0 Å². The van der Waals surface area contributed by atoms with E-state index in [0.29, 0.717) is 0 Å². The lowest BCUT2D eigenvalue weighted by molar-refractivity contribution is 0.962. The summed E-state index contributed by atoms with van der Waals surface area (Å²) < 4.78 is 0. The van der Waals surface area contributed by atoms with Gasteiger partial charge in [-0.2, -0.15) is 0 Å². The van der Waals surface area contributed by atoms with Gasteiger partial charge in [-0.25, -0.2) is 0 Å². The van der Waals surface area contributed by atoms with E-state index in [1.165, 1.54) is 36.0 Å². The van der Waals surface area contributed by atoms with Crippen molar-refractivity contribution in [3.05, 3.63) is 52.6 Å². The van der Waals surface area contributed by atoms with Gasteiger partial charge >= 0.3 is 0 Å². The number of benzene rings is 1. The normalized spacial score (nSPS) is 15.6. The molecule has 0 fully saturated rings. The lowest BCUT2D eigenvalue weighted by Crippen LogP contribution is -1.84. The average Bonchev–Trinajstić information content (AvgIpc) is 2.73. The van der Waals surface area contributed by atoms with Gasteiger partial charge in [-0.1, -0.05) is 60.9 Å². The Kier molecular flexibility index (Phi) is 3.28. The van der Waals surface area contributed by atoms with Crippen LogP contribution in [0.15, 0.2) is 41.5 Å². The van der Waals surface area contributed by atoms with Crippen LogP contribution in [0.4, 0.5) is 0 Å². The predicted molar refractivity (Wildman–Crippen MR) is 71.4 cm³/mol. The zero-order valence-corrected chi connectivity index (χ0v) is 10.5. The molecule has 0 nitrogen and oxygen atoms in total. The number of hydrogen-bond acceptors (Lipinski definition) is 0. The van der Waals surface area contributed by atoms with Gasteiger partial charge in [0.25, 0.3) is 0 Å². The Hall–Kier alpha value is -1.30. The average molecular weight is 212 g/mol. The van der Waals surface area contributed by atoms with Crippen molar-refractivity contribution in [3.63, 3.8) is 0 Å². The highest BCUT2D eigenvalue weighted by atomic mass is 14.2. The van der Waals surface area contributed by atoms with Crippen molar-refractivity contribution < 1.29 is 0 Å². The fourth-order valence-electron chi connectivity index (χ4n) is 2.29. The first-order valence-electron chi connectivity index (χ1n) is 6.23. The highest BCUT2D eigenvalue weighted by Gasteiger charge is 2.14. The SMILES string of the molecule is CCC1=CC(c2ccc(C)cc2)=C(CC)C1. The van der Waals surface area contributed by atoms with E-state index in [2.05, 4.69) is 51.1 Å². The van der Waals surface area contributed by atoms with Crippen molar-refractivity contribution in [3.8, 4) is 0 Å². The second kappa shape index (κ2) is 4.69. The minimum Gasteiger partial charge on any atom is -0.0658 e. The van der Waals surface area contributed by atoms with Crippen LogP contribution in [0.3, 0.4) is 0 Å². The molecule has 0 saturated heterocycles. The van der Waals surface area contributed by atoms with E-state index < -0.39 is 0 Å². The molecule has 0 aliphatic heterocycles. The molecular formula is C16H20. The number of hydrogen-bond donors (Lipinski definition) is 0. The minimum atomic E-state index is 1.17. The molecule has 0 spiro atoms. The molecule has 1 aromatic rings. The third-order valence-electron chi connectivity index (χ3n) is 3.41. The summed E-state index contributed by atoms with van der Waals surface area (Å²) >= 11 is 0. The summed E-state index contributed by atoms with van der Waals surface area (Å²) in [6, 6.07) is 8.89. The molecule has 0 heterocycles. The maximum absolute atomic E-state index is 2.39. The van der Waals surface area contributed by atoms with E-state index >= 15 is 0 Å². The van der Waals surface area contributed by atoms with E-state index in [4.69, 9.17) is 0 Å². The fraction of sp³-hybridized carbons (Fsp3) is 0.375. The van der Waals surface area contributed by atoms with Gasteiger partial charge in [0.05, 0.1) is 0 Å². The topological polar surface area (TPSA) is 0 Å². The van der Waals surface area contributed by atoms with Crippen molar-refractivity contribution in [2.45, 2.75) is 40.0 Å². The van der Waals surface area contributed by atoms with Gasteiger partial charge < -0.3 is 0 Å². The van der Waals surface area contributed by atoms with Crippen molar-refractivity contribution in [2.24, 2.45) is 0 Å². The minimum absolute atomic E-state index is 1.17. The first-order chi connectivity index (χ1) is 7.74. The van der Waals surface area contributed by atoms with Crippen molar-refractivity contribution in [1.82, 2.24) is 0 Å². The third-order valence-corrected chi connectivity index (χ3v) is 3.41. The quantitative estimate of drug-likeness (QED) is 0.668. The van der Waals surface area contributed by atoms with Crippen molar-refractivity contribution in [2.75, 3.05) is 0 Å². The summed E-state index contributed by atoms with van der Waals surface area (Å²) in [5, 5.41) is 0. The molecule has 1 aliphatic carbocycles. The fourth-order valence-corrected chi connectivity index (χ4v) is 2.29. The summed E-state index contributed by atoms with van der Waals surface area (Å²) in [5.74, 6) is 0. The predicted octanol–water partition coefficient (Wildman–Crippen LogP) is 4.90. The number of rotatable bonds is 3. The van der Waals surface area contributed by atoms with Crippen LogP contribution in [0.5, 0.6) is 0 Å². The van der Waals surface area contributed by atoms with E-state index in [1.54, 1.807) is 11.1 Å². The Morgan fingerprint density at radius 2 is 1.69 bits per heavy atom. The molecule has 0 atom stereocenters. The Balaban J connectivity index is 2.37. The van der Waals surface area contributed by atoms with Crippen LogP contribution >= 0.6 is 0 Å². The molecule has 84 valence electrons. The highest BCUT2D eigenvalue weighted by Crippen LogP contribution is 2.35. The Bertz CT molecular complexity index is 430. The van der Waals surface area contributed by atoms with E-state index in [-0.39, 0.29) is 0 Å². The van der Waals surface area contributed by atoms with Crippen LogP contribution in [-0.2, 0) is 0 Å². The molecule has 0 radical (unpaired) electrons. The standard InChI is InChI=1S/C16H20/c1-4-13-10-14(5-2)16(11-13)15-8-6-12(3)7-9-15/h6-9,11H,4-5,10H2,1-3H3. The van der Waals surface area contributed by atoms with E-state index in [0.717, 1.165) is 0 Å². The van der Waals surface area contributed by atoms with Gasteiger partial charge in [0, 0.05) is 0 Å². The summed E-state index contributed by atoms with van der Waals surface area (Å²) in [6.07, 6.45) is 5.93. The van der Waals surface area contributed by atoms with Crippen LogP contribution < -0.4 is 0 Å². The monoisotopic (exact) mass is 212 g/mol. The molecule has 1 aliphatic rings. The lowest BCUT2D eigenvalue weighted by Gasteiger charge is -2.05. The van der Waals surface area contributed by atoms with Crippen LogP contribution in [-0.4, -0.2) is 0 Å². The van der Waals surface area contributed by atoms with Gasteiger partial charge in [0.15, 0.2) is 0 Å². The Morgan fingerprint density at radius 1 is 1.00 bits per heavy atom. The first kappa shape index (κ1) is 11.2. The van der Waals surface area contributed by atoms with Crippen LogP contribution in [0, 0.1) is 6.92 Å².